The molecule has 1 aromatic heterocycles. The van der Waals surface area contributed by atoms with E-state index >= 15 is 0 Å². The van der Waals surface area contributed by atoms with Crippen LogP contribution in [0.4, 0.5) is 0 Å². The summed E-state index contributed by atoms with van der Waals surface area (Å²) in [5.41, 5.74) is -0.213. The van der Waals surface area contributed by atoms with E-state index in [2.05, 4.69) is 0 Å². The first-order valence-corrected chi connectivity index (χ1v) is 6.85. The molecule has 3 nitrogen and oxygen atoms in total. The highest BCUT2D eigenvalue weighted by Gasteiger charge is 2.12. The van der Waals surface area contributed by atoms with Crippen molar-refractivity contribution in [2.24, 2.45) is 0 Å². The fourth-order valence-corrected chi connectivity index (χ4v) is 2.43. The average molecular weight is 319 g/mol. The van der Waals surface area contributed by atoms with Gasteiger partial charge >= 0.3 is 0 Å². The summed E-state index contributed by atoms with van der Waals surface area (Å²) in [6.07, 6.45) is 0. The third kappa shape index (κ3) is 2.46. The van der Waals surface area contributed by atoms with Crippen molar-refractivity contribution in [2.45, 2.75) is 0 Å². The summed E-state index contributed by atoms with van der Waals surface area (Å²) in [5, 5.41) is 0.846. The van der Waals surface area contributed by atoms with Crippen molar-refractivity contribution in [1.82, 2.24) is 0 Å². The molecular formula is C16H8Cl2O3. The third-order valence-electron chi connectivity index (χ3n) is 3.05. The van der Waals surface area contributed by atoms with Gasteiger partial charge in [0.2, 0.25) is 5.43 Å². The predicted molar refractivity (Wildman–Crippen MR) is 84.2 cm³/mol. The Balaban J connectivity index is 2.42. The van der Waals surface area contributed by atoms with E-state index in [0.29, 0.717) is 10.6 Å². The first-order chi connectivity index (χ1) is 10.1. The van der Waals surface area contributed by atoms with Gasteiger partial charge in [-0.25, -0.2) is 0 Å². The molecule has 0 saturated carbocycles. The minimum atomic E-state index is -0.368. The lowest BCUT2D eigenvalue weighted by Gasteiger charge is -2.05. The van der Waals surface area contributed by atoms with Crippen molar-refractivity contribution >= 4 is 34.2 Å². The number of benzene rings is 1. The summed E-state index contributed by atoms with van der Waals surface area (Å²) in [7, 11) is 0. The van der Waals surface area contributed by atoms with Crippen LogP contribution >= 0.6 is 23.2 Å². The van der Waals surface area contributed by atoms with Gasteiger partial charge in [-0.1, -0.05) is 41.4 Å². The van der Waals surface area contributed by atoms with E-state index in [-0.39, 0.29) is 32.6 Å². The molecule has 0 amide bonds. The lowest BCUT2D eigenvalue weighted by atomic mass is 10.1. The molecular weight excluding hydrogens is 311 g/mol. The summed E-state index contributed by atoms with van der Waals surface area (Å²) >= 11 is 12.1. The fourth-order valence-electron chi connectivity index (χ4n) is 2.04. The van der Waals surface area contributed by atoms with Crippen molar-refractivity contribution in [3.63, 3.8) is 0 Å². The first kappa shape index (κ1) is 13.9. The molecule has 0 bridgehead atoms. The van der Waals surface area contributed by atoms with E-state index in [4.69, 9.17) is 27.6 Å². The SMILES string of the molecule is O=c1cc(-c2cccc(Cl)c2Cl)oc2c(=O)ccccc12. The standard InChI is InChI=1S/C16H8Cl2O3/c17-11-6-3-5-10(15(11)18)14-8-13(20)9-4-1-2-7-12(19)16(9)21-14/h1-8H. The topological polar surface area (TPSA) is 47.3 Å². The Morgan fingerprint density at radius 1 is 0.857 bits per heavy atom. The van der Waals surface area contributed by atoms with Gasteiger partial charge in [-0.3, -0.25) is 9.59 Å². The molecule has 3 rings (SSSR count). The van der Waals surface area contributed by atoms with Crippen LogP contribution in [0.5, 0.6) is 0 Å². The quantitative estimate of drug-likeness (QED) is 0.677. The van der Waals surface area contributed by atoms with Crippen molar-refractivity contribution in [2.75, 3.05) is 0 Å². The summed E-state index contributed by atoms with van der Waals surface area (Å²) in [5.74, 6) is 0.211. The highest BCUT2D eigenvalue weighted by Crippen LogP contribution is 2.33. The Morgan fingerprint density at radius 3 is 2.43 bits per heavy atom. The van der Waals surface area contributed by atoms with Crippen molar-refractivity contribution in [3.8, 4) is 11.3 Å². The van der Waals surface area contributed by atoms with Gasteiger partial charge in [0.15, 0.2) is 11.0 Å². The maximum atomic E-state index is 12.2. The Kier molecular flexibility index (Phi) is 3.53. The Labute approximate surface area is 129 Å². The Morgan fingerprint density at radius 2 is 1.62 bits per heavy atom. The molecule has 2 aromatic carbocycles. The smallest absolute Gasteiger partial charge is 0.221 e. The average Bonchev–Trinajstić information content (AvgIpc) is 2.65. The monoisotopic (exact) mass is 318 g/mol. The molecule has 0 spiro atoms. The fraction of sp³-hybridized carbons (Fsp3) is 0. The Bertz CT molecular complexity index is 961. The molecule has 0 saturated heterocycles. The molecule has 104 valence electrons. The predicted octanol–water partition coefficient (Wildman–Crippen LogP) is 4.13. The molecule has 21 heavy (non-hydrogen) atoms. The van der Waals surface area contributed by atoms with Crippen LogP contribution in [0.3, 0.4) is 0 Å². The van der Waals surface area contributed by atoms with Crippen LogP contribution in [-0.2, 0) is 0 Å². The molecule has 0 N–H and O–H groups in total. The van der Waals surface area contributed by atoms with Gasteiger partial charge in [0.05, 0.1) is 15.4 Å². The number of hydrogen-bond donors (Lipinski definition) is 0. The van der Waals surface area contributed by atoms with Crippen LogP contribution < -0.4 is 10.9 Å². The highest BCUT2D eigenvalue weighted by atomic mass is 35.5. The zero-order valence-corrected chi connectivity index (χ0v) is 12.1. The van der Waals surface area contributed by atoms with Crippen LogP contribution in [0.25, 0.3) is 22.3 Å². The van der Waals surface area contributed by atoms with Crippen LogP contribution in [0.15, 0.2) is 62.5 Å². The summed E-state index contributed by atoms with van der Waals surface area (Å²) in [6.45, 7) is 0. The summed E-state index contributed by atoms with van der Waals surface area (Å²) < 4.78 is 5.60. The molecule has 0 fully saturated rings. The normalized spacial score (nSPS) is 10.8. The van der Waals surface area contributed by atoms with Crippen LogP contribution in [0.1, 0.15) is 0 Å². The van der Waals surface area contributed by atoms with Crippen LogP contribution in [0, 0.1) is 0 Å². The zero-order chi connectivity index (χ0) is 15.0. The molecule has 0 unspecified atom stereocenters. The highest BCUT2D eigenvalue weighted by molar-refractivity contribution is 6.43. The molecule has 0 aliphatic heterocycles. The molecule has 3 aromatic rings. The van der Waals surface area contributed by atoms with Crippen molar-refractivity contribution in [3.05, 3.63) is 79.0 Å². The lowest BCUT2D eigenvalue weighted by molar-refractivity contribution is 0.616. The van der Waals surface area contributed by atoms with Gasteiger partial charge in [-0.15, -0.1) is 0 Å². The summed E-state index contributed by atoms with van der Waals surface area (Å²) in [6, 6.07) is 12.4. The van der Waals surface area contributed by atoms with E-state index in [1.807, 2.05) is 0 Å². The largest absolute Gasteiger partial charge is 0.452 e. The Hall–Kier alpha value is -2.10. The number of fused-ring (bicyclic) bond motifs is 1. The summed E-state index contributed by atoms with van der Waals surface area (Å²) in [4.78, 5) is 24.2. The molecule has 1 heterocycles. The van der Waals surface area contributed by atoms with Gasteiger partial charge in [0, 0.05) is 11.6 Å². The van der Waals surface area contributed by atoms with Gasteiger partial charge in [0.25, 0.3) is 0 Å². The van der Waals surface area contributed by atoms with E-state index in [0.717, 1.165) is 0 Å². The number of hydrogen-bond acceptors (Lipinski definition) is 3. The van der Waals surface area contributed by atoms with E-state index in [9.17, 15) is 9.59 Å². The van der Waals surface area contributed by atoms with E-state index < -0.39 is 0 Å². The second-order valence-corrected chi connectivity index (χ2v) is 5.19. The maximum absolute atomic E-state index is 12.2. The van der Waals surface area contributed by atoms with Crippen molar-refractivity contribution in [1.29, 1.82) is 0 Å². The van der Waals surface area contributed by atoms with Crippen molar-refractivity contribution < 1.29 is 4.42 Å². The first-order valence-electron chi connectivity index (χ1n) is 6.09. The van der Waals surface area contributed by atoms with E-state index in [1.165, 1.54) is 12.1 Å². The van der Waals surface area contributed by atoms with E-state index in [1.54, 1.807) is 36.4 Å². The second-order valence-electron chi connectivity index (χ2n) is 4.40. The van der Waals surface area contributed by atoms with Gasteiger partial charge in [0.1, 0.15) is 5.76 Å². The van der Waals surface area contributed by atoms with Crippen LogP contribution in [-0.4, -0.2) is 0 Å². The maximum Gasteiger partial charge on any atom is 0.221 e. The number of halogens is 2. The minimum Gasteiger partial charge on any atom is -0.452 e. The number of rotatable bonds is 1. The molecule has 0 atom stereocenters. The third-order valence-corrected chi connectivity index (χ3v) is 3.87. The molecule has 0 aliphatic rings. The van der Waals surface area contributed by atoms with Crippen LogP contribution in [0.2, 0.25) is 10.0 Å². The zero-order valence-electron chi connectivity index (χ0n) is 10.6. The van der Waals surface area contributed by atoms with Gasteiger partial charge < -0.3 is 4.42 Å². The lowest BCUT2D eigenvalue weighted by Crippen LogP contribution is -2.05. The molecule has 0 aliphatic carbocycles. The minimum absolute atomic E-state index is 0.00135. The van der Waals surface area contributed by atoms with Gasteiger partial charge in [-0.2, -0.15) is 0 Å². The molecule has 0 radical (unpaired) electrons. The van der Waals surface area contributed by atoms with Gasteiger partial charge in [-0.05, 0) is 24.3 Å². The second kappa shape index (κ2) is 5.35. The molecule has 5 heteroatoms.